The second kappa shape index (κ2) is 5.96. The van der Waals surface area contributed by atoms with Gasteiger partial charge in [0.2, 0.25) is 5.91 Å². The fourth-order valence-electron chi connectivity index (χ4n) is 1.95. The lowest BCUT2D eigenvalue weighted by Crippen LogP contribution is -2.29. The lowest BCUT2D eigenvalue weighted by Gasteiger charge is -2.12. The summed E-state index contributed by atoms with van der Waals surface area (Å²) in [7, 11) is -2.87. The quantitative estimate of drug-likeness (QED) is 0.827. The van der Waals surface area contributed by atoms with Gasteiger partial charge in [-0.1, -0.05) is 0 Å². The molecule has 0 bridgehead atoms. The van der Waals surface area contributed by atoms with Crippen LogP contribution in [0.2, 0.25) is 0 Å². The van der Waals surface area contributed by atoms with Gasteiger partial charge >= 0.3 is 0 Å². The molecule has 2 heterocycles. The summed E-state index contributed by atoms with van der Waals surface area (Å²) in [6, 6.07) is -0.171. The summed E-state index contributed by atoms with van der Waals surface area (Å²) in [5.41, 5.74) is 0. The Balaban J connectivity index is 1.73. The van der Waals surface area contributed by atoms with Crippen molar-refractivity contribution in [2.24, 2.45) is 0 Å². The van der Waals surface area contributed by atoms with E-state index in [1.807, 2.05) is 6.92 Å². The maximum absolute atomic E-state index is 11.7. The minimum absolute atomic E-state index is 0.0506. The van der Waals surface area contributed by atoms with Gasteiger partial charge in [0.1, 0.15) is 5.82 Å². The fraction of sp³-hybridized carbons (Fsp3) is 0.636. The van der Waals surface area contributed by atoms with Crippen LogP contribution in [0.1, 0.15) is 25.2 Å². The van der Waals surface area contributed by atoms with Crippen molar-refractivity contribution in [1.82, 2.24) is 15.3 Å². The molecule has 2 rings (SSSR count). The average Bonchev–Trinajstić information content (AvgIpc) is 2.95. The second-order valence-electron chi connectivity index (χ2n) is 4.60. The summed E-state index contributed by atoms with van der Waals surface area (Å²) >= 11 is 1.41. The van der Waals surface area contributed by atoms with Crippen molar-refractivity contribution in [2.45, 2.75) is 24.6 Å². The number of hydrogen-bond acceptors (Lipinski definition) is 5. The van der Waals surface area contributed by atoms with Crippen LogP contribution in [-0.4, -0.2) is 46.8 Å². The molecule has 1 saturated heterocycles. The number of sulfone groups is 1. The van der Waals surface area contributed by atoms with Gasteiger partial charge in [-0.3, -0.25) is 4.79 Å². The molecule has 1 aromatic heterocycles. The molecule has 0 aromatic carbocycles. The van der Waals surface area contributed by atoms with E-state index in [-0.39, 0.29) is 34.5 Å². The van der Waals surface area contributed by atoms with Crippen LogP contribution in [0.5, 0.6) is 0 Å². The van der Waals surface area contributed by atoms with E-state index in [0.717, 1.165) is 0 Å². The Labute approximate surface area is 116 Å². The predicted molar refractivity (Wildman–Crippen MR) is 74.7 cm³/mol. The van der Waals surface area contributed by atoms with Gasteiger partial charge in [-0.25, -0.2) is 13.4 Å². The fourth-order valence-corrected chi connectivity index (χ4v) is 5.41. The van der Waals surface area contributed by atoms with Gasteiger partial charge in [-0.2, -0.15) is 0 Å². The Kier molecular flexibility index (Phi) is 4.51. The number of thioether (sulfide) groups is 1. The molecule has 6 nitrogen and oxygen atoms in total. The zero-order valence-electron chi connectivity index (χ0n) is 10.6. The number of aromatic nitrogens is 2. The lowest BCUT2D eigenvalue weighted by atomic mass is 10.3. The van der Waals surface area contributed by atoms with Crippen molar-refractivity contribution < 1.29 is 13.2 Å². The zero-order chi connectivity index (χ0) is 13.9. The Morgan fingerprint density at radius 2 is 2.47 bits per heavy atom. The molecule has 2 atom stereocenters. The van der Waals surface area contributed by atoms with E-state index in [0.29, 0.717) is 12.2 Å². The number of amides is 1. The molecule has 1 amide bonds. The van der Waals surface area contributed by atoms with E-state index in [2.05, 4.69) is 15.3 Å². The number of aromatic amines is 1. The zero-order valence-corrected chi connectivity index (χ0v) is 12.3. The summed E-state index contributed by atoms with van der Waals surface area (Å²) in [6.07, 6.45) is 3.99. The average molecular weight is 303 g/mol. The Morgan fingerprint density at radius 3 is 3.05 bits per heavy atom. The first-order valence-corrected chi connectivity index (χ1v) is 8.94. The SMILES string of the molecule is CC(NC(=O)CSC1CCS(=O)(=O)C1)c1ncc[nH]1. The number of carbonyl (C=O) groups excluding carboxylic acids is 1. The molecule has 1 aromatic rings. The third-order valence-corrected chi connectivity index (χ3v) is 6.23. The highest BCUT2D eigenvalue weighted by Gasteiger charge is 2.28. The van der Waals surface area contributed by atoms with Crippen molar-refractivity contribution in [3.63, 3.8) is 0 Å². The van der Waals surface area contributed by atoms with Gasteiger partial charge in [0, 0.05) is 17.6 Å². The Morgan fingerprint density at radius 1 is 1.68 bits per heavy atom. The minimum atomic E-state index is -2.87. The topological polar surface area (TPSA) is 91.9 Å². The van der Waals surface area contributed by atoms with Crippen LogP contribution in [0.25, 0.3) is 0 Å². The standard InChI is InChI=1S/C11H17N3O3S2/c1-8(11-12-3-4-13-11)14-10(15)6-18-9-2-5-19(16,17)7-9/h3-4,8-9H,2,5-7H2,1H3,(H,12,13)(H,14,15). The Hall–Kier alpha value is -1.02. The summed E-state index contributed by atoms with van der Waals surface area (Å²) in [5, 5.41) is 2.87. The smallest absolute Gasteiger partial charge is 0.230 e. The number of carbonyl (C=O) groups is 1. The first-order valence-electron chi connectivity index (χ1n) is 6.07. The Bertz CT molecular complexity index is 527. The van der Waals surface area contributed by atoms with Gasteiger partial charge < -0.3 is 10.3 Å². The monoisotopic (exact) mass is 303 g/mol. The van der Waals surface area contributed by atoms with Crippen molar-refractivity contribution >= 4 is 27.5 Å². The molecule has 1 aliphatic rings. The van der Waals surface area contributed by atoms with E-state index in [1.165, 1.54) is 11.8 Å². The van der Waals surface area contributed by atoms with Gasteiger partial charge in [-0.15, -0.1) is 11.8 Å². The highest BCUT2D eigenvalue weighted by atomic mass is 32.2. The van der Waals surface area contributed by atoms with Crippen LogP contribution in [0, 0.1) is 0 Å². The highest BCUT2D eigenvalue weighted by Crippen LogP contribution is 2.24. The number of nitrogens with one attached hydrogen (secondary N) is 2. The van der Waals surface area contributed by atoms with Crippen LogP contribution in [0.3, 0.4) is 0 Å². The second-order valence-corrected chi connectivity index (χ2v) is 8.12. The van der Waals surface area contributed by atoms with Crippen molar-refractivity contribution in [2.75, 3.05) is 17.3 Å². The van der Waals surface area contributed by atoms with E-state index in [1.54, 1.807) is 12.4 Å². The molecule has 1 aliphatic heterocycles. The third kappa shape index (κ3) is 4.24. The largest absolute Gasteiger partial charge is 0.347 e. The van der Waals surface area contributed by atoms with Crippen LogP contribution < -0.4 is 5.32 Å². The molecule has 106 valence electrons. The summed E-state index contributed by atoms with van der Waals surface area (Å²) in [5.74, 6) is 1.33. The van der Waals surface area contributed by atoms with Crippen LogP contribution in [-0.2, 0) is 14.6 Å². The van der Waals surface area contributed by atoms with E-state index < -0.39 is 9.84 Å². The van der Waals surface area contributed by atoms with E-state index in [9.17, 15) is 13.2 Å². The number of hydrogen-bond donors (Lipinski definition) is 2. The van der Waals surface area contributed by atoms with Gasteiger partial charge in [-0.05, 0) is 13.3 Å². The predicted octanol–water partition coefficient (Wildman–Crippen LogP) is 0.507. The number of rotatable bonds is 5. The summed E-state index contributed by atoms with van der Waals surface area (Å²) < 4.78 is 22.6. The van der Waals surface area contributed by atoms with Crippen molar-refractivity contribution in [1.29, 1.82) is 0 Å². The molecule has 2 unspecified atom stereocenters. The van der Waals surface area contributed by atoms with E-state index >= 15 is 0 Å². The van der Waals surface area contributed by atoms with Crippen LogP contribution in [0.4, 0.5) is 0 Å². The van der Waals surface area contributed by atoms with Crippen LogP contribution in [0.15, 0.2) is 12.4 Å². The molecule has 0 saturated carbocycles. The van der Waals surface area contributed by atoms with Crippen LogP contribution >= 0.6 is 11.8 Å². The lowest BCUT2D eigenvalue weighted by molar-refractivity contribution is -0.119. The maximum atomic E-state index is 11.7. The molecule has 2 N–H and O–H groups in total. The molecule has 0 spiro atoms. The number of H-pyrrole nitrogens is 1. The molecular formula is C11H17N3O3S2. The highest BCUT2D eigenvalue weighted by molar-refractivity contribution is 8.02. The summed E-state index contributed by atoms with van der Waals surface area (Å²) in [6.45, 7) is 1.85. The van der Waals surface area contributed by atoms with Gasteiger partial charge in [0.25, 0.3) is 0 Å². The van der Waals surface area contributed by atoms with Gasteiger partial charge in [0.15, 0.2) is 9.84 Å². The van der Waals surface area contributed by atoms with Crippen molar-refractivity contribution in [3.8, 4) is 0 Å². The molecular weight excluding hydrogens is 286 g/mol. The molecule has 8 heteroatoms. The first kappa shape index (κ1) is 14.4. The molecule has 0 radical (unpaired) electrons. The first-order chi connectivity index (χ1) is 8.96. The molecule has 1 fully saturated rings. The third-order valence-electron chi connectivity index (χ3n) is 2.95. The molecule has 19 heavy (non-hydrogen) atoms. The summed E-state index contributed by atoms with van der Waals surface area (Å²) in [4.78, 5) is 18.8. The molecule has 0 aliphatic carbocycles. The van der Waals surface area contributed by atoms with E-state index in [4.69, 9.17) is 0 Å². The number of imidazole rings is 1. The normalized spacial score (nSPS) is 23.1. The maximum Gasteiger partial charge on any atom is 0.230 e. The van der Waals surface area contributed by atoms with Gasteiger partial charge in [0.05, 0.1) is 23.3 Å². The van der Waals surface area contributed by atoms with Crippen molar-refractivity contribution in [3.05, 3.63) is 18.2 Å². The minimum Gasteiger partial charge on any atom is -0.347 e. The number of nitrogens with zero attached hydrogens (tertiary/aromatic N) is 1.